The van der Waals surface area contributed by atoms with Gasteiger partial charge in [0, 0.05) is 47.7 Å². The summed E-state index contributed by atoms with van der Waals surface area (Å²) in [5.74, 6) is 1.37. The Balaban J connectivity index is 1.37. The minimum absolute atomic E-state index is 0.577. The molecule has 4 rings (SSSR count). The molecular formula is C20H23ClN6S. The number of halogens is 1. The number of rotatable bonds is 6. The first kappa shape index (κ1) is 19.2. The van der Waals surface area contributed by atoms with Crippen molar-refractivity contribution in [3.63, 3.8) is 0 Å². The third kappa shape index (κ3) is 5.04. The second kappa shape index (κ2) is 8.94. The largest absolute Gasteiger partial charge is 0.316 e. The van der Waals surface area contributed by atoms with Crippen LogP contribution in [0.4, 0.5) is 10.9 Å². The normalized spacial score (nSPS) is 17.6. The maximum atomic E-state index is 6.32. The summed E-state index contributed by atoms with van der Waals surface area (Å²) in [5, 5.41) is 6.65. The van der Waals surface area contributed by atoms with E-state index in [1.165, 1.54) is 12.8 Å². The Hall–Kier alpha value is -2.09. The Kier molecular flexibility index (Phi) is 6.14. The topological polar surface area (TPSA) is 66.8 Å². The molecule has 1 aliphatic heterocycles. The van der Waals surface area contributed by atoms with Crippen LogP contribution in [0.25, 0.3) is 0 Å². The number of hydrogen-bond donors (Lipinski definition) is 1. The lowest BCUT2D eigenvalue weighted by Crippen LogP contribution is -2.36. The Morgan fingerprint density at radius 3 is 3.04 bits per heavy atom. The van der Waals surface area contributed by atoms with Crippen LogP contribution < -0.4 is 5.32 Å². The van der Waals surface area contributed by atoms with E-state index in [-0.39, 0.29) is 0 Å². The van der Waals surface area contributed by atoms with Crippen LogP contribution >= 0.6 is 22.9 Å². The van der Waals surface area contributed by atoms with Gasteiger partial charge in [-0.15, -0.1) is 11.3 Å². The van der Waals surface area contributed by atoms with Crippen molar-refractivity contribution in [2.75, 3.05) is 18.4 Å². The van der Waals surface area contributed by atoms with E-state index in [0.717, 1.165) is 54.0 Å². The van der Waals surface area contributed by atoms with Gasteiger partial charge in [0.2, 0.25) is 0 Å². The van der Waals surface area contributed by atoms with Gasteiger partial charge in [-0.05, 0) is 44.7 Å². The second-order valence-corrected chi connectivity index (χ2v) is 8.46. The molecule has 0 spiro atoms. The zero-order valence-corrected chi connectivity index (χ0v) is 17.4. The molecule has 0 amide bonds. The van der Waals surface area contributed by atoms with Crippen LogP contribution in [0.1, 0.15) is 29.8 Å². The smallest absolute Gasteiger partial charge is 0.188 e. The summed E-state index contributed by atoms with van der Waals surface area (Å²) < 4.78 is 0. The number of aromatic nitrogens is 4. The summed E-state index contributed by atoms with van der Waals surface area (Å²) in [6.07, 6.45) is 6.77. The summed E-state index contributed by atoms with van der Waals surface area (Å²) in [7, 11) is 0. The van der Waals surface area contributed by atoms with Crippen LogP contribution in [0.2, 0.25) is 5.15 Å². The molecule has 3 aromatic rings. The Bertz CT molecular complexity index is 917. The molecule has 1 atom stereocenters. The Labute approximate surface area is 174 Å². The van der Waals surface area contributed by atoms with Crippen LogP contribution in [-0.4, -0.2) is 37.9 Å². The number of hydrogen-bond acceptors (Lipinski definition) is 7. The van der Waals surface area contributed by atoms with Gasteiger partial charge in [-0.25, -0.2) is 19.9 Å². The van der Waals surface area contributed by atoms with Crippen LogP contribution in [0, 0.1) is 12.8 Å². The quantitative estimate of drug-likeness (QED) is 0.599. The molecule has 146 valence electrons. The lowest BCUT2D eigenvalue weighted by atomic mass is 9.93. The van der Waals surface area contributed by atoms with Crippen molar-refractivity contribution >= 4 is 33.9 Å². The van der Waals surface area contributed by atoms with E-state index in [1.807, 2.05) is 24.4 Å². The number of likely N-dealkylation sites (tertiary alicyclic amines) is 1. The molecule has 0 saturated carbocycles. The zero-order valence-electron chi connectivity index (χ0n) is 15.8. The molecule has 3 aromatic heterocycles. The van der Waals surface area contributed by atoms with Crippen molar-refractivity contribution in [3.8, 4) is 0 Å². The molecule has 1 N–H and O–H groups in total. The van der Waals surface area contributed by atoms with Crippen molar-refractivity contribution < 1.29 is 0 Å². The fourth-order valence-corrected chi connectivity index (χ4v) is 4.43. The molecule has 0 aromatic carbocycles. The molecule has 1 aliphatic rings. The Morgan fingerprint density at radius 2 is 2.21 bits per heavy atom. The predicted molar refractivity (Wildman–Crippen MR) is 113 cm³/mol. The lowest BCUT2D eigenvalue weighted by Gasteiger charge is -2.32. The predicted octanol–water partition coefficient (Wildman–Crippen LogP) is 4.49. The van der Waals surface area contributed by atoms with Gasteiger partial charge >= 0.3 is 0 Å². The van der Waals surface area contributed by atoms with Crippen molar-refractivity contribution in [1.29, 1.82) is 0 Å². The maximum absolute atomic E-state index is 6.32. The molecular weight excluding hydrogens is 392 g/mol. The zero-order chi connectivity index (χ0) is 19.3. The van der Waals surface area contributed by atoms with Gasteiger partial charge in [-0.2, -0.15) is 0 Å². The minimum atomic E-state index is 0.577. The first-order chi connectivity index (χ1) is 13.7. The van der Waals surface area contributed by atoms with E-state index in [4.69, 9.17) is 11.6 Å². The second-order valence-electron chi connectivity index (χ2n) is 7.21. The summed E-state index contributed by atoms with van der Waals surface area (Å²) in [6, 6.07) is 6.15. The number of pyridine rings is 1. The van der Waals surface area contributed by atoms with Gasteiger partial charge in [0.1, 0.15) is 17.3 Å². The van der Waals surface area contributed by atoms with Crippen molar-refractivity contribution in [2.24, 2.45) is 5.92 Å². The van der Waals surface area contributed by atoms with Crippen molar-refractivity contribution in [2.45, 2.75) is 32.7 Å². The number of aryl methyl sites for hydroxylation is 1. The first-order valence-corrected chi connectivity index (χ1v) is 10.7. The molecule has 8 heteroatoms. The average Bonchev–Trinajstić information content (AvgIpc) is 3.18. The highest BCUT2D eigenvalue weighted by atomic mass is 35.5. The van der Waals surface area contributed by atoms with Gasteiger partial charge in [0.15, 0.2) is 5.13 Å². The number of anilines is 2. The molecule has 0 aliphatic carbocycles. The summed E-state index contributed by atoms with van der Waals surface area (Å²) in [5.41, 5.74) is 3.12. The fraction of sp³-hybridized carbons (Fsp3) is 0.400. The highest BCUT2D eigenvalue weighted by Crippen LogP contribution is 2.24. The highest BCUT2D eigenvalue weighted by Gasteiger charge is 2.21. The molecule has 1 saturated heterocycles. The Morgan fingerprint density at radius 1 is 1.29 bits per heavy atom. The first-order valence-electron chi connectivity index (χ1n) is 9.47. The van der Waals surface area contributed by atoms with Crippen LogP contribution in [-0.2, 0) is 13.0 Å². The number of nitrogens with one attached hydrogen (secondary N) is 1. The van der Waals surface area contributed by atoms with Gasteiger partial charge < -0.3 is 5.32 Å². The van der Waals surface area contributed by atoms with E-state index in [0.29, 0.717) is 11.1 Å². The van der Waals surface area contributed by atoms with Gasteiger partial charge in [0.25, 0.3) is 0 Å². The minimum Gasteiger partial charge on any atom is -0.316 e. The molecule has 28 heavy (non-hydrogen) atoms. The maximum Gasteiger partial charge on any atom is 0.188 e. The van der Waals surface area contributed by atoms with Crippen molar-refractivity contribution in [3.05, 3.63) is 58.2 Å². The van der Waals surface area contributed by atoms with Crippen LogP contribution in [0.5, 0.6) is 0 Å². The molecule has 0 bridgehead atoms. The van der Waals surface area contributed by atoms with Gasteiger partial charge in [0.05, 0.1) is 0 Å². The van der Waals surface area contributed by atoms with Crippen LogP contribution in [0.3, 0.4) is 0 Å². The SMILES string of the molecule is Cc1ccc(CN2CCCC(Cc3cc(Nc4nccs4)ncn3)C2)c(Cl)n1. The summed E-state index contributed by atoms with van der Waals surface area (Å²) in [4.78, 5) is 19.9. The molecule has 4 heterocycles. The fourth-order valence-electron chi connectivity index (χ4n) is 3.64. The van der Waals surface area contributed by atoms with E-state index in [1.54, 1.807) is 23.9 Å². The van der Waals surface area contributed by atoms with Gasteiger partial charge in [-0.3, -0.25) is 4.90 Å². The van der Waals surface area contributed by atoms with E-state index >= 15 is 0 Å². The van der Waals surface area contributed by atoms with Crippen molar-refractivity contribution in [1.82, 2.24) is 24.8 Å². The number of thiazole rings is 1. The third-order valence-corrected chi connectivity index (χ3v) is 5.97. The average molecular weight is 415 g/mol. The van der Waals surface area contributed by atoms with Gasteiger partial charge in [-0.1, -0.05) is 17.7 Å². The van der Waals surface area contributed by atoms with E-state index in [2.05, 4.69) is 36.2 Å². The molecule has 1 unspecified atom stereocenters. The summed E-state index contributed by atoms with van der Waals surface area (Å²) in [6.45, 7) is 4.96. The molecule has 1 fully saturated rings. The summed E-state index contributed by atoms with van der Waals surface area (Å²) >= 11 is 7.88. The standard InChI is InChI=1S/C20H23ClN6S/c1-14-4-5-16(19(21)25-14)12-27-7-2-3-15(11-27)9-17-10-18(24-13-23-17)26-20-22-6-8-28-20/h4-6,8,10,13,15H,2-3,7,9,11-12H2,1H3,(H,22,23,24,26). The lowest BCUT2D eigenvalue weighted by molar-refractivity contribution is 0.166. The number of piperidine rings is 1. The third-order valence-electron chi connectivity index (χ3n) is 4.95. The molecule has 0 radical (unpaired) electrons. The van der Waals surface area contributed by atoms with E-state index < -0.39 is 0 Å². The van der Waals surface area contributed by atoms with Crippen LogP contribution in [0.15, 0.2) is 36.1 Å². The monoisotopic (exact) mass is 414 g/mol. The van der Waals surface area contributed by atoms with E-state index in [9.17, 15) is 0 Å². The number of nitrogens with zero attached hydrogens (tertiary/aromatic N) is 5. The highest BCUT2D eigenvalue weighted by molar-refractivity contribution is 7.13. The molecule has 6 nitrogen and oxygen atoms in total.